The van der Waals surface area contributed by atoms with E-state index in [0.717, 1.165) is 25.1 Å². The van der Waals surface area contributed by atoms with Crippen molar-refractivity contribution >= 4 is 0 Å². The molecule has 0 aliphatic carbocycles. The Morgan fingerprint density at radius 3 is 2.57 bits per heavy atom. The minimum absolute atomic E-state index is 0.129. The van der Waals surface area contributed by atoms with E-state index in [0.29, 0.717) is 12.5 Å². The Balaban J connectivity index is 1.68. The summed E-state index contributed by atoms with van der Waals surface area (Å²) in [6.07, 6.45) is 1.15. The number of hydrogen-bond acceptors (Lipinski definition) is 2. The zero-order chi connectivity index (χ0) is 14.5. The fraction of sp³-hybridized carbons (Fsp3) is 0.333. The molecule has 0 amide bonds. The summed E-state index contributed by atoms with van der Waals surface area (Å²) in [6, 6.07) is 17.0. The first-order valence-electron chi connectivity index (χ1n) is 7.44. The van der Waals surface area contributed by atoms with Crippen LogP contribution in [0.4, 0.5) is 4.39 Å². The van der Waals surface area contributed by atoms with E-state index < -0.39 is 0 Å². The molecule has 1 heterocycles. The maximum atomic E-state index is 13.1. The lowest BCUT2D eigenvalue weighted by molar-refractivity contribution is 0.0106. The fourth-order valence-corrected chi connectivity index (χ4v) is 2.87. The lowest BCUT2D eigenvalue weighted by atomic mass is 9.88. The van der Waals surface area contributed by atoms with E-state index in [1.807, 2.05) is 30.3 Å². The Morgan fingerprint density at radius 1 is 1.05 bits per heavy atom. The van der Waals surface area contributed by atoms with Crippen LogP contribution in [0.3, 0.4) is 0 Å². The summed E-state index contributed by atoms with van der Waals surface area (Å²) in [6.45, 7) is 2.44. The number of hydrogen-bond donors (Lipinski definition) is 1. The van der Waals surface area contributed by atoms with Crippen LogP contribution in [0.25, 0.3) is 0 Å². The van der Waals surface area contributed by atoms with Gasteiger partial charge in [-0.3, -0.25) is 0 Å². The van der Waals surface area contributed by atoms with Crippen LogP contribution in [0, 0.1) is 5.82 Å². The fourth-order valence-electron chi connectivity index (χ4n) is 2.87. The maximum Gasteiger partial charge on any atom is 0.123 e. The SMILES string of the molecule is Fc1ccc(C2CCNCC2OCc2ccccc2)cc1. The molecule has 0 aromatic heterocycles. The Labute approximate surface area is 125 Å². The zero-order valence-corrected chi connectivity index (χ0v) is 12.0. The molecule has 1 aliphatic heterocycles. The predicted molar refractivity (Wildman–Crippen MR) is 81.6 cm³/mol. The van der Waals surface area contributed by atoms with Gasteiger partial charge in [0.2, 0.25) is 0 Å². The number of ether oxygens (including phenoxy) is 1. The highest BCUT2D eigenvalue weighted by Crippen LogP contribution is 2.28. The molecule has 2 aromatic carbocycles. The Hall–Kier alpha value is -1.71. The summed E-state index contributed by atoms with van der Waals surface area (Å²) in [4.78, 5) is 0. The topological polar surface area (TPSA) is 21.3 Å². The number of halogens is 1. The van der Waals surface area contributed by atoms with Crippen molar-refractivity contribution in [3.8, 4) is 0 Å². The number of nitrogens with one attached hydrogen (secondary N) is 1. The summed E-state index contributed by atoms with van der Waals surface area (Å²) >= 11 is 0. The van der Waals surface area contributed by atoms with E-state index in [2.05, 4.69) is 17.4 Å². The van der Waals surface area contributed by atoms with E-state index in [1.165, 1.54) is 17.7 Å². The average molecular weight is 285 g/mol. The average Bonchev–Trinajstić information content (AvgIpc) is 2.55. The molecule has 2 atom stereocenters. The molecule has 3 rings (SSSR count). The van der Waals surface area contributed by atoms with Gasteiger partial charge in [-0.15, -0.1) is 0 Å². The first kappa shape index (κ1) is 14.2. The molecule has 3 heteroatoms. The first-order chi connectivity index (χ1) is 10.3. The number of benzene rings is 2. The predicted octanol–water partition coefficient (Wildman–Crippen LogP) is 3.49. The normalized spacial score (nSPS) is 22.1. The molecule has 0 bridgehead atoms. The summed E-state index contributed by atoms with van der Waals surface area (Å²) in [5, 5.41) is 3.38. The second-order valence-electron chi connectivity index (χ2n) is 5.49. The Bertz CT molecular complexity index is 555. The Kier molecular flexibility index (Phi) is 4.63. The summed E-state index contributed by atoms with van der Waals surface area (Å²) in [7, 11) is 0. The van der Waals surface area contributed by atoms with Crippen molar-refractivity contribution in [1.29, 1.82) is 0 Å². The molecular formula is C18H20FNO. The van der Waals surface area contributed by atoms with Crippen LogP contribution in [0.2, 0.25) is 0 Å². The van der Waals surface area contributed by atoms with Crippen molar-refractivity contribution in [2.45, 2.75) is 25.0 Å². The van der Waals surface area contributed by atoms with Gasteiger partial charge in [0.15, 0.2) is 0 Å². The quantitative estimate of drug-likeness (QED) is 0.928. The van der Waals surface area contributed by atoms with Gasteiger partial charge in [0, 0.05) is 12.5 Å². The van der Waals surface area contributed by atoms with Crippen molar-refractivity contribution in [2.75, 3.05) is 13.1 Å². The number of rotatable bonds is 4. The van der Waals surface area contributed by atoms with Crippen LogP contribution < -0.4 is 5.32 Å². The van der Waals surface area contributed by atoms with Crippen LogP contribution in [-0.2, 0) is 11.3 Å². The van der Waals surface area contributed by atoms with Gasteiger partial charge < -0.3 is 10.1 Å². The molecule has 0 radical (unpaired) electrons. The minimum Gasteiger partial charge on any atom is -0.372 e. The van der Waals surface area contributed by atoms with Crippen LogP contribution in [0.5, 0.6) is 0 Å². The molecule has 1 aliphatic rings. The first-order valence-corrected chi connectivity index (χ1v) is 7.44. The molecule has 2 unspecified atom stereocenters. The second kappa shape index (κ2) is 6.83. The van der Waals surface area contributed by atoms with Crippen LogP contribution in [0.15, 0.2) is 54.6 Å². The van der Waals surface area contributed by atoms with E-state index in [1.54, 1.807) is 0 Å². The van der Waals surface area contributed by atoms with Crippen molar-refractivity contribution in [3.05, 3.63) is 71.5 Å². The highest BCUT2D eigenvalue weighted by atomic mass is 19.1. The molecule has 21 heavy (non-hydrogen) atoms. The molecule has 1 N–H and O–H groups in total. The van der Waals surface area contributed by atoms with Crippen molar-refractivity contribution < 1.29 is 9.13 Å². The standard InChI is InChI=1S/C18H20FNO/c19-16-8-6-15(7-9-16)17-10-11-20-12-18(17)21-13-14-4-2-1-3-5-14/h1-9,17-18,20H,10-13H2. The lowest BCUT2D eigenvalue weighted by Gasteiger charge is -2.32. The largest absolute Gasteiger partial charge is 0.372 e. The molecule has 110 valence electrons. The molecule has 2 aromatic rings. The second-order valence-corrected chi connectivity index (χ2v) is 5.49. The summed E-state index contributed by atoms with van der Waals surface area (Å²) < 4.78 is 19.2. The Morgan fingerprint density at radius 2 is 1.81 bits per heavy atom. The molecule has 2 nitrogen and oxygen atoms in total. The highest BCUT2D eigenvalue weighted by Gasteiger charge is 2.27. The van der Waals surface area contributed by atoms with Crippen molar-refractivity contribution in [2.24, 2.45) is 0 Å². The smallest absolute Gasteiger partial charge is 0.123 e. The van der Waals surface area contributed by atoms with Gasteiger partial charge in [0.05, 0.1) is 12.7 Å². The molecule has 1 fully saturated rings. The van der Waals surface area contributed by atoms with Gasteiger partial charge in [-0.1, -0.05) is 42.5 Å². The molecular weight excluding hydrogens is 265 g/mol. The van der Waals surface area contributed by atoms with Crippen molar-refractivity contribution in [1.82, 2.24) is 5.32 Å². The van der Waals surface area contributed by atoms with E-state index in [4.69, 9.17) is 4.74 Å². The third-order valence-electron chi connectivity index (χ3n) is 4.03. The van der Waals surface area contributed by atoms with Crippen LogP contribution >= 0.6 is 0 Å². The van der Waals surface area contributed by atoms with Gasteiger partial charge in [-0.05, 0) is 36.2 Å². The monoisotopic (exact) mass is 285 g/mol. The van der Waals surface area contributed by atoms with E-state index >= 15 is 0 Å². The molecule has 0 spiro atoms. The van der Waals surface area contributed by atoms with Gasteiger partial charge in [0.1, 0.15) is 5.82 Å². The zero-order valence-electron chi connectivity index (χ0n) is 12.0. The summed E-state index contributed by atoms with van der Waals surface area (Å²) in [5.74, 6) is 0.144. The van der Waals surface area contributed by atoms with Crippen LogP contribution in [0.1, 0.15) is 23.5 Å². The van der Waals surface area contributed by atoms with Crippen molar-refractivity contribution in [3.63, 3.8) is 0 Å². The number of piperidine rings is 1. The molecule has 0 saturated carbocycles. The third kappa shape index (κ3) is 3.69. The van der Waals surface area contributed by atoms with E-state index in [9.17, 15) is 4.39 Å². The van der Waals surface area contributed by atoms with Gasteiger partial charge in [-0.2, -0.15) is 0 Å². The summed E-state index contributed by atoms with van der Waals surface area (Å²) in [5.41, 5.74) is 2.34. The van der Waals surface area contributed by atoms with E-state index in [-0.39, 0.29) is 11.9 Å². The highest BCUT2D eigenvalue weighted by molar-refractivity contribution is 5.22. The third-order valence-corrected chi connectivity index (χ3v) is 4.03. The van der Waals surface area contributed by atoms with Gasteiger partial charge in [0.25, 0.3) is 0 Å². The van der Waals surface area contributed by atoms with Gasteiger partial charge in [-0.25, -0.2) is 4.39 Å². The maximum absolute atomic E-state index is 13.1. The van der Waals surface area contributed by atoms with Crippen LogP contribution in [-0.4, -0.2) is 19.2 Å². The minimum atomic E-state index is -0.186. The lowest BCUT2D eigenvalue weighted by Crippen LogP contribution is -2.40. The molecule has 1 saturated heterocycles. The van der Waals surface area contributed by atoms with Gasteiger partial charge >= 0.3 is 0 Å².